The molecular weight excluding hydrogens is 220 g/mol. The zero-order chi connectivity index (χ0) is 12.8. The molecule has 18 heavy (non-hydrogen) atoms. The van der Waals surface area contributed by atoms with Crippen molar-refractivity contribution < 1.29 is 4.79 Å². The smallest absolute Gasteiger partial charge is 0.163 e. The third kappa shape index (κ3) is 3.07. The lowest BCUT2D eigenvalue weighted by atomic mass is 9.96. The van der Waals surface area contributed by atoms with Crippen LogP contribution in [-0.2, 0) is 0 Å². The normalized spacial score (nSPS) is 10.3. The molecule has 0 atom stereocenters. The van der Waals surface area contributed by atoms with E-state index in [1.54, 1.807) is 0 Å². The van der Waals surface area contributed by atoms with Crippen LogP contribution in [0.4, 0.5) is 0 Å². The van der Waals surface area contributed by atoms with Crippen LogP contribution < -0.4 is 0 Å². The van der Waals surface area contributed by atoms with Crippen LogP contribution in [0.1, 0.15) is 41.3 Å². The molecule has 0 bridgehead atoms. The van der Waals surface area contributed by atoms with Crippen LogP contribution in [-0.4, -0.2) is 5.78 Å². The Kier molecular flexibility index (Phi) is 4.30. The topological polar surface area (TPSA) is 17.1 Å². The van der Waals surface area contributed by atoms with Crippen molar-refractivity contribution >= 4 is 5.78 Å². The monoisotopic (exact) mass is 237 g/mol. The Morgan fingerprint density at radius 3 is 2.39 bits per heavy atom. The van der Waals surface area contributed by atoms with E-state index in [1.807, 2.05) is 61.5 Å². The van der Waals surface area contributed by atoms with Gasteiger partial charge in [0.15, 0.2) is 5.78 Å². The second-order valence-electron chi connectivity index (χ2n) is 4.32. The lowest BCUT2D eigenvalue weighted by Gasteiger charge is -2.08. The average molecular weight is 237 g/mol. The Bertz CT molecular complexity index is 514. The molecule has 0 amide bonds. The van der Waals surface area contributed by atoms with Crippen molar-refractivity contribution in [2.24, 2.45) is 0 Å². The Labute approximate surface area is 108 Å². The lowest BCUT2D eigenvalue weighted by Crippen LogP contribution is -2.02. The van der Waals surface area contributed by atoms with Crippen molar-refractivity contribution in [2.75, 3.05) is 0 Å². The van der Waals surface area contributed by atoms with Gasteiger partial charge in [0.05, 0.1) is 0 Å². The summed E-state index contributed by atoms with van der Waals surface area (Å²) in [6, 6.07) is 17.9. The molecular formula is C17H17O. The van der Waals surface area contributed by atoms with E-state index in [1.165, 1.54) is 0 Å². The minimum Gasteiger partial charge on any atom is -0.294 e. The first kappa shape index (κ1) is 12.6. The second kappa shape index (κ2) is 6.15. The zero-order valence-corrected chi connectivity index (χ0v) is 10.6. The molecule has 0 aliphatic rings. The van der Waals surface area contributed by atoms with Crippen molar-refractivity contribution in [3.63, 3.8) is 0 Å². The highest BCUT2D eigenvalue weighted by molar-refractivity contribution is 5.98. The van der Waals surface area contributed by atoms with Gasteiger partial charge in [-0.3, -0.25) is 4.79 Å². The molecule has 1 radical (unpaired) electrons. The van der Waals surface area contributed by atoms with E-state index in [0.717, 1.165) is 23.1 Å². The largest absolute Gasteiger partial charge is 0.294 e. The van der Waals surface area contributed by atoms with Gasteiger partial charge >= 0.3 is 0 Å². The van der Waals surface area contributed by atoms with E-state index in [4.69, 9.17) is 0 Å². The maximum Gasteiger partial charge on any atom is 0.163 e. The van der Waals surface area contributed by atoms with Gasteiger partial charge in [0, 0.05) is 18.4 Å². The molecule has 0 unspecified atom stereocenters. The van der Waals surface area contributed by atoms with Gasteiger partial charge in [0.1, 0.15) is 0 Å². The molecule has 0 heterocycles. The minimum atomic E-state index is 0.222. The SMILES string of the molecule is CCCC(=O)c1ccccc1[CH]c1ccccc1. The summed E-state index contributed by atoms with van der Waals surface area (Å²) in [6.07, 6.45) is 3.56. The molecule has 0 aliphatic heterocycles. The summed E-state index contributed by atoms with van der Waals surface area (Å²) in [4.78, 5) is 12.0. The molecule has 0 aromatic heterocycles. The zero-order valence-electron chi connectivity index (χ0n) is 10.6. The fraction of sp³-hybridized carbons (Fsp3) is 0.176. The first-order chi connectivity index (χ1) is 8.81. The van der Waals surface area contributed by atoms with Crippen molar-refractivity contribution in [3.8, 4) is 0 Å². The van der Waals surface area contributed by atoms with E-state index >= 15 is 0 Å². The van der Waals surface area contributed by atoms with E-state index in [9.17, 15) is 4.79 Å². The summed E-state index contributed by atoms with van der Waals surface area (Å²) >= 11 is 0. The fourth-order valence-electron chi connectivity index (χ4n) is 1.97. The summed E-state index contributed by atoms with van der Waals surface area (Å²) in [5, 5.41) is 0. The highest BCUT2D eigenvalue weighted by atomic mass is 16.1. The quantitative estimate of drug-likeness (QED) is 0.710. The summed E-state index contributed by atoms with van der Waals surface area (Å²) in [5.74, 6) is 0.222. The third-order valence-corrected chi connectivity index (χ3v) is 2.86. The predicted octanol–water partition coefficient (Wildman–Crippen LogP) is 4.27. The van der Waals surface area contributed by atoms with Gasteiger partial charge in [0.2, 0.25) is 0 Å². The number of ketones is 1. The van der Waals surface area contributed by atoms with Crippen LogP contribution in [0.2, 0.25) is 0 Å². The van der Waals surface area contributed by atoms with Gasteiger partial charge in [0.25, 0.3) is 0 Å². The lowest BCUT2D eigenvalue weighted by molar-refractivity contribution is 0.0981. The number of benzene rings is 2. The molecule has 0 spiro atoms. The van der Waals surface area contributed by atoms with Crippen molar-refractivity contribution in [1.29, 1.82) is 0 Å². The first-order valence-corrected chi connectivity index (χ1v) is 6.33. The summed E-state index contributed by atoms with van der Waals surface area (Å²) < 4.78 is 0. The van der Waals surface area contributed by atoms with E-state index in [0.29, 0.717) is 6.42 Å². The van der Waals surface area contributed by atoms with E-state index in [2.05, 4.69) is 6.42 Å². The molecule has 0 N–H and O–H groups in total. The van der Waals surface area contributed by atoms with Crippen LogP contribution in [0.3, 0.4) is 0 Å². The van der Waals surface area contributed by atoms with Crippen molar-refractivity contribution in [2.45, 2.75) is 19.8 Å². The highest BCUT2D eigenvalue weighted by Crippen LogP contribution is 2.18. The van der Waals surface area contributed by atoms with Gasteiger partial charge in [-0.25, -0.2) is 0 Å². The molecule has 0 aliphatic carbocycles. The predicted molar refractivity (Wildman–Crippen MR) is 74.6 cm³/mol. The van der Waals surface area contributed by atoms with Gasteiger partial charge in [-0.2, -0.15) is 0 Å². The summed E-state index contributed by atoms with van der Waals surface area (Å²) in [6.45, 7) is 2.03. The average Bonchev–Trinajstić information content (AvgIpc) is 2.41. The van der Waals surface area contributed by atoms with Crippen LogP contribution >= 0.6 is 0 Å². The molecule has 0 saturated carbocycles. The molecule has 1 nitrogen and oxygen atoms in total. The Hall–Kier alpha value is -1.89. The Morgan fingerprint density at radius 2 is 1.67 bits per heavy atom. The number of Topliss-reactive ketones (excluding diaryl/α,β-unsaturated/α-hetero) is 1. The number of carbonyl (C=O) groups is 1. The maximum atomic E-state index is 12.0. The van der Waals surface area contributed by atoms with E-state index in [-0.39, 0.29) is 5.78 Å². The van der Waals surface area contributed by atoms with E-state index < -0.39 is 0 Å². The maximum absolute atomic E-state index is 12.0. The standard InChI is InChI=1S/C17H17O/c1-2-8-17(18)16-12-7-6-11-15(16)13-14-9-4-3-5-10-14/h3-7,9-13H,2,8H2,1H3. The number of rotatable bonds is 5. The second-order valence-corrected chi connectivity index (χ2v) is 4.32. The Morgan fingerprint density at radius 1 is 1.00 bits per heavy atom. The molecule has 0 saturated heterocycles. The van der Waals surface area contributed by atoms with Gasteiger partial charge in [-0.05, 0) is 17.5 Å². The third-order valence-electron chi connectivity index (χ3n) is 2.86. The molecule has 2 rings (SSSR count). The van der Waals surface area contributed by atoms with Gasteiger partial charge in [-0.15, -0.1) is 0 Å². The number of carbonyl (C=O) groups excluding carboxylic acids is 1. The molecule has 0 fully saturated rings. The number of hydrogen-bond donors (Lipinski definition) is 0. The van der Waals surface area contributed by atoms with Gasteiger partial charge < -0.3 is 0 Å². The summed E-state index contributed by atoms with van der Waals surface area (Å²) in [7, 11) is 0. The molecule has 1 heteroatoms. The molecule has 2 aromatic rings. The minimum absolute atomic E-state index is 0.222. The van der Waals surface area contributed by atoms with Crippen molar-refractivity contribution in [3.05, 3.63) is 77.7 Å². The molecule has 2 aromatic carbocycles. The summed E-state index contributed by atoms with van der Waals surface area (Å²) in [5.41, 5.74) is 2.94. The van der Waals surface area contributed by atoms with Crippen LogP contribution in [0.15, 0.2) is 54.6 Å². The van der Waals surface area contributed by atoms with Crippen LogP contribution in [0.25, 0.3) is 0 Å². The molecule has 91 valence electrons. The fourth-order valence-corrected chi connectivity index (χ4v) is 1.97. The highest BCUT2D eigenvalue weighted by Gasteiger charge is 2.10. The van der Waals surface area contributed by atoms with Gasteiger partial charge in [-0.1, -0.05) is 61.5 Å². The number of hydrogen-bond acceptors (Lipinski definition) is 1. The first-order valence-electron chi connectivity index (χ1n) is 6.33. The van der Waals surface area contributed by atoms with Crippen LogP contribution in [0.5, 0.6) is 0 Å². The Balaban J connectivity index is 2.25. The van der Waals surface area contributed by atoms with Crippen LogP contribution in [0, 0.1) is 6.42 Å². The van der Waals surface area contributed by atoms with Crippen molar-refractivity contribution in [1.82, 2.24) is 0 Å².